The Morgan fingerprint density at radius 1 is 1.15 bits per heavy atom. The maximum Gasteiger partial charge on any atom is 0.176 e. The van der Waals surface area contributed by atoms with Crippen molar-refractivity contribution in [2.24, 2.45) is 0 Å². The van der Waals surface area contributed by atoms with Gasteiger partial charge in [-0.15, -0.1) is 5.10 Å². The molecule has 0 unspecified atom stereocenters. The van der Waals surface area contributed by atoms with Gasteiger partial charge < -0.3 is 9.30 Å². The van der Waals surface area contributed by atoms with E-state index >= 15 is 0 Å². The van der Waals surface area contributed by atoms with E-state index in [-0.39, 0.29) is 6.10 Å². The van der Waals surface area contributed by atoms with Crippen LogP contribution in [0.1, 0.15) is 18.3 Å². The van der Waals surface area contributed by atoms with Crippen molar-refractivity contribution in [1.82, 2.24) is 29.8 Å². The number of hydrogen-bond donors (Lipinski definition) is 0. The number of aromatic nitrogens is 6. The van der Waals surface area contributed by atoms with Crippen molar-refractivity contribution in [3.8, 4) is 22.8 Å². The Balaban J connectivity index is 1.48. The lowest BCUT2D eigenvalue weighted by atomic mass is 10.1. The number of nitrogens with zero attached hydrogens (tertiary/aromatic N) is 6. The molecule has 0 saturated carbocycles. The van der Waals surface area contributed by atoms with Gasteiger partial charge in [-0.05, 0) is 53.2 Å². The number of tetrazole rings is 1. The van der Waals surface area contributed by atoms with Crippen molar-refractivity contribution in [3.05, 3.63) is 72.3 Å². The molecule has 27 heavy (non-hydrogen) atoms. The zero-order valence-corrected chi connectivity index (χ0v) is 14.9. The fraction of sp³-hybridized carbons (Fsp3) is 0.200. The third kappa shape index (κ3) is 2.87. The second-order valence-electron chi connectivity index (χ2n) is 6.68. The lowest BCUT2D eigenvalue weighted by Crippen LogP contribution is -2.09. The molecule has 0 bridgehead atoms. The van der Waals surface area contributed by atoms with Crippen LogP contribution in [0.15, 0.2) is 60.9 Å². The minimum Gasteiger partial charge on any atom is -0.490 e. The molecule has 0 saturated heterocycles. The number of hydrogen-bond acceptors (Lipinski definition) is 5. The average molecular weight is 358 g/mol. The second kappa shape index (κ2) is 6.35. The summed E-state index contributed by atoms with van der Waals surface area (Å²) in [6.07, 6.45) is 4.91. The van der Waals surface area contributed by atoms with Gasteiger partial charge >= 0.3 is 0 Å². The summed E-state index contributed by atoms with van der Waals surface area (Å²) in [5, 5.41) is 12.2. The smallest absolute Gasteiger partial charge is 0.176 e. The van der Waals surface area contributed by atoms with Gasteiger partial charge in [0.2, 0.25) is 0 Å². The van der Waals surface area contributed by atoms with Crippen molar-refractivity contribution in [2.45, 2.75) is 26.0 Å². The van der Waals surface area contributed by atoms with Crippen LogP contribution in [0.4, 0.5) is 0 Å². The molecule has 1 aliphatic heterocycles. The summed E-state index contributed by atoms with van der Waals surface area (Å²) in [4.78, 5) is 4.56. The van der Waals surface area contributed by atoms with Gasteiger partial charge in [-0.1, -0.05) is 18.2 Å². The van der Waals surface area contributed by atoms with Crippen LogP contribution in [0.3, 0.4) is 0 Å². The Morgan fingerprint density at radius 2 is 2.04 bits per heavy atom. The van der Waals surface area contributed by atoms with Crippen molar-refractivity contribution >= 4 is 0 Å². The summed E-state index contributed by atoms with van der Waals surface area (Å²) in [5.74, 6) is 2.61. The standard InChI is InChI=1S/C20H18N6O/c1-14-11-16-12-15(7-8-18(16)27-14)20-21-9-10-25(20)13-19-22-23-24-26(19)17-5-3-2-4-6-17/h2-10,12,14H,11,13H2,1H3/t14-/m0/s1. The molecule has 0 N–H and O–H groups in total. The van der Waals surface area contributed by atoms with Gasteiger partial charge in [-0.3, -0.25) is 0 Å². The second-order valence-corrected chi connectivity index (χ2v) is 6.68. The van der Waals surface area contributed by atoms with Gasteiger partial charge in [0.05, 0.1) is 12.2 Å². The zero-order valence-electron chi connectivity index (χ0n) is 14.9. The predicted octanol–water partition coefficient (Wildman–Crippen LogP) is 2.90. The van der Waals surface area contributed by atoms with Crippen LogP contribution in [-0.4, -0.2) is 35.9 Å². The molecule has 0 aliphatic carbocycles. The Morgan fingerprint density at radius 3 is 2.93 bits per heavy atom. The molecular formula is C20H18N6O. The van der Waals surface area contributed by atoms with Crippen LogP contribution in [0.2, 0.25) is 0 Å². The first-order valence-corrected chi connectivity index (χ1v) is 8.92. The van der Waals surface area contributed by atoms with Crippen LogP contribution in [0.5, 0.6) is 5.75 Å². The van der Waals surface area contributed by atoms with Gasteiger partial charge in [-0.2, -0.15) is 4.68 Å². The fourth-order valence-electron chi connectivity index (χ4n) is 3.48. The highest BCUT2D eigenvalue weighted by molar-refractivity contribution is 5.60. The quantitative estimate of drug-likeness (QED) is 0.561. The van der Waals surface area contributed by atoms with Crippen LogP contribution in [0, 0.1) is 0 Å². The van der Waals surface area contributed by atoms with Gasteiger partial charge in [0.15, 0.2) is 5.82 Å². The number of benzene rings is 2. The molecule has 2 aromatic carbocycles. The normalized spacial score (nSPS) is 15.5. The van der Waals surface area contributed by atoms with Crippen LogP contribution in [0.25, 0.3) is 17.1 Å². The molecule has 0 spiro atoms. The highest BCUT2D eigenvalue weighted by Gasteiger charge is 2.20. The van der Waals surface area contributed by atoms with Gasteiger partial charge in [0, 0.05) is 24.4 Å². The Kier molecular flexibility index (Phi) is 3.71. The number of rotatable bonds is 4. The summed E-state index contributed by atoms with van der Waals surface area (Å²) < 4.78 is 9.62. The molecule has 4 aromatic rings. The lowest BCUT2D eigenvalue weighted by Gasteiger charge is -2.09. The molecule has 1 aliphatic rings. The maximum absolute atomic E-state index is 5.80. The fourth-order valence-corrected chi connectivity index (χ4v) is 3.48. The first-order valence-electron chi connectivity index (χ1n) is 8.92. The largest absolute Gasteiger partial charge is 0.490 e. The summed E-state index contributed by atoms with van der Waals surface area (Å²) in [5.41, 5.74) is 3.22. The van der Waals surface area contributed by atoms with Crippen molar-refractivity contribution in [3.63, 3.8) is 0 Å². The highest BCUT2D eigenvalue weighted by atomic mass is 16.5. The topological polar surface area (TPSA) is 70.7 Å². The average Bonchev–Trinajstić information content (AvgIpc) is 3.41. The minimum absolute atomic E-state index is 0.227. The molecule has 2 aromatic heterocycles. The first kappa shape index (κ1) is 15.7. The zero-order chi connectivity index (χ0) is 18.2. The molecular weight excluding hydrogens is 340 g/mol. The summed E-state index contributed by atoms with van der Waals surface area (Å²) >= 11 is 0. The highest BCUT2D eigenvalue weighted by Crippen LogP contribution is 2.32. The van der Waals surface area contributed by atoms with E-state index in [1.54, 1.807) is 10.9 Å². The van der Waals surface area contributed by atoms with Crippen LogP contribution in [-0.2, 0) is 13.0 Å². The SMILES string of the molecule is C[C@H]1Cc2cc(-c3nccn3Cc3nnnn3-c3ccccc3)ccc2O1. The van der Waals surface area contributed by atoms with E-state index in [4.69, 9.17) is 4.74 Å². The van der Waals surface area contributed by atoms with Crippen LogP contribution >= 0.6 is 0 Å². The molecule has 0 fully saturated rings. The van der Waals surface area contributed by atoms with E-state index in [2.05, 4.69) is 44.1 Å². The molecule has 134 valence electrons. The summed E-state index contributed by atoms with van der Waals surface area (Å²) in [6.45, 7) is 2.62. The van der Waals surface area contributed by atoms with Gasteiger partial charge in [0.25, 0.3) is 0 Å². The number of ether oxygens (including phenoxy) is 1. The van der Waals surface area contributed by atoms with E-state index in [1.165, 1.54) is 5.56 Å². The van der Waals surface area contributed by atoms with E-state index < -0.39 is 0 Å². The van der Waals surface area contributed by atoms with E-state index in [0.717, 1.165) is 35.1 Å². The monoisotopic (exact) mass is 358 g/mol. The van der Waals surface area contributed by atoms with Crippen molar-refractivity contribution in [1.29, 1.82) is 0 Å². The van der Waals surface area contributed by atoms with Gasteiger partial charge in [-0.25, -0.2) is 4.98 Å². The van der Waals surface area contributed by atoms with Crippen LogP contribution < -0.4 is 4.74 Å². The molecule has 7 heteroatoms. The molecule has 1 atom stereocenters. The predicted molar refractivity (Wildman–Crippen MR) is 99.7 cm³/mol. The van der Waals surface area contributed by atoms with E-state index in [1.807, 2.05) is 42.6 Å². The third-order valence-corrected chi connectivity index (χ3v) is 4.72. The molecule has 3 heterocycles. The van der Waals surface area contributed by atoms with Crippen molar-refractivity contribution in [2.75, 3.05) is 0 Å². The molecule has 0 radical (unpaired) electrons. The number of imidazole rings is 1. The first-order chi connectivity index (χ1) is 13.3. The van der Waals surface area contributed by atoms with Crippen molar-refractivity contribution < 1.29 is 4.74 Å². The Bertz CT molecular complexity index is 1080. The number of para-hydroxylation sites is 1. The van der Waals surface area contributed by atoms with E-state index in [0.29, 0.717) is 6.54 Å². The molecule has 5 rings (SSSR count). The van der Waals surface area contributed by atoms with Gasteiger partial charge in [0.1, 0.15) is 17.7 Å². The molecule has 7 nitrogen and oxygen atoms in total. The maximum atomic E-state index is 5.80. The minimum atomic E-state index is 0.227. The Hall–Kier alpha value is -3.48. The third-order valence-electron chi connectivity index (χ3n) is 4.72. The van der Waals surface area contributed by atoms with E-state index in [9.17, 15) is 0 Å². The number of fused-ring (bicyclic) bond motifs is 1. The lowest BCUT2D eigenvalue weighted by molar-refractivity contribution is 0.254. The summed E-state index contributed by atoms with van der Waals surface area (Å²) in [7, 11) is 0. The molecule has 0 amide bonds. The Labute approximate surface area is 156 Å². The summed E-state index contributed by atoms with van der Waals surface area (Å²) in [6, 6.07) is 16.1.